The lowest BCUT2D eigenvalue weighted by Gasteiger charge is -1.96. The van der Waals surface area contributed by atoms with Gasteiger partial charge in [0.05, 0.1) is 10.6 Å². The summed E-state index contributed by atoms with van der Waals surface area (Å²) in [6.45, 7) is 1.67. The van der Waals surface area contributed by atoms with E-state index < -0.39 is 6.10 Å². The van der Waals surface area contributed by atoms with Gasteiger partial charge in [-0.3, -0.25) is 5.10 Å². The molecule has 1 aromatic rings. The van der Waals surface area contributed by atoms with Crippen molar-refractivity contribution in [3.05, 3.63) is 16.4 Å². The van der Waals surface area contributed by atoms with Crippen LogP contribution in [0.15, 0.2) is 10.7 Å². The van der Waals surface area contributed by atoms with Gasteiger partial charge in [-0.1, -0.05) is 0 Å². The summed E-state index contributed by atoms with van der Waals surface area (Å²) >= 11 is 3.21. The number of aromatic amines is 1. The second-order valence-electron chi connectivity index (χ2n) is 1.79. The Labute approximate surface area is 61.2 Å². The minimum atomic E-state index is -0.509. The van der Waals surface area contributed by atoms with Crippen LogP contribution in [0.3, 0.4) is 0 Å². The smallest absolute Gasteiger partial charge is 0.105 e. The lowest BCUT2D eigenvalue weighted by atomic mass is 10.3. The molecule has 9 heavy (non-hydrogen) atoms. The zero-order chi connectivity index (χ0) is 6.85. The van der Waals surface area contributed by atoms with E-state index in [1.165, 1.54) is 0 Å². The minimum Gasteiger partial charge on any atom is -0.387 e. The summed E-state index contributed by atoms with van der Waals surface area (Å²) in [4.78, 5) is 0. The van der Waals surface area contributed by atoms with Crippen LogP contribution in [0.4, 0.5) is 0 Å². The largest absolute Gasteiger partial charge is 0.387 e. The van der Waals surface area contributed by atoms with Gasteiger partial charge >= 0.3 is 0 Å². The second kappa shape index (κ2) is 2.49. The average molecular weight is 191 g/mol. The molecule has 0 aliphatic rings. The average Bonchev–Trinajstić information content (AvgIpc) is 2.13. The molecule has 1 rings (SSSR count). The molecule has 2 N–H and O–H groups in total. The molecule has 0 aliphatic carbocycles. The molecule has 0 radical (unpaired) electrons. The van der Waals surface area contributed by atoms with E-state index in [9.17, 15) is 0 Å². The zero-order valence-electron chi connectivity index (χ0n) is 4.93. The molecule has 0 aromatic carbocycles. The van der Waals surface area contributed by atoms with Crippen molar-refractivity contribution >= 4 is 15.9 Å². The molecule has 1 unspecified atom stereocenters. The third kappa shape index (κ3) is 1.31. The van der Waals surface area contributed by atoms with Crippen molar-refractivity contribution in [2.45, 2.75) is 13.0 Å². The van der Waals surface area contributed by atoms with Crippen molar-refractivity contribution in [3.8, 4) is 0 Å². The predicted molar refractivity (Wildman–Crippen MR) is 36.9 cm³/mol. The zero-order valence-corrected chi connectivity index (χ0v) is 6.51. The summed E-state index contributed by atoms with van der Waals surface area (Å²) in [6.07, 6.45) is 1.17. The molecule has 1 atom stereocenters. The van der Waals surface area contributed by atoms with Gasteiger partial charge in [-0.05, 0) is 22.9 Å². The summed E-state index contributed by atoms with van der Waals surface area (Å²) in [7, 11) is 0. The Morgan fingerprint density at radius 2 is 2.56 bits per heavy atom. The molecule has 0 saturated carbocycles. The molecular formula is C5H7BrN2O. The van der Waals surface area contributed by atoms with Gasteiger partial charge in [0, 0.05) is 6.20 Å². The number of hydrogen-bond donors (Lipinski definition) is 2. The number of hydrogen-bond acceptors (Lipinski definition) is 2. The molecule has 0 spiro atoms. The molecule has 0 saturated heterocycles. The number of nitrogens with one attached hydrogen (secondary N) is 1. The first kappa shape index (κ1) is 6.77. The maximum atomic E-state index is 8.98. The van der Waals surface area contributed by atoms with Gasteiger partial charge in [0.1, 0.15) is 5.69 Å². The Hall–Kier alpha value is -0.350. The van der Waals surface area contributed by atoms with Crippen LogP contribution in [-0.2, 0) is 0 Å². The van der Waals surface area contributed by atoms with Crippen molar-refractivity contribution in [3.63, 3.8) is 0 Å². The van der Waals surface area contributed by atoms with Gasteiger partial charge in [-0.2, -0.15) is 5.10 Å². The van der Waals surface area contributed by atoms with Crippen LogP contribution >= 0.6 is 15.9 Å². The Morgan fingerprint density at radius 3 is 2.78 bits per heavy atom. The first-order valence-corrected chi connectivity index (χ1v) is 3.38. The third-order valence-electron chi connectivity index (χ3n) is 1.02. The number of aliphatic hydroxyl groups excluding tert-OH is 1. The van der Waals surface area contributed by atoms with E-state index in [4.69, 9.17) is 5.11 Å². The minimum absolute atomic E-state index is 0.509. The Bertz CT molecular complexity index is 197. The first-order chi connectivity index (χ1) is 4.22. The van der Waals surface area contributed by atoms with Crippen LogP contribution in [0.2, 0.25) is 0 Å². The van der Waals surface area contributed by atoms with E-state index in [-0.39, 0.29) is 0 Å². The van der Waals surface area contributed by atoms with E-state index in [2.05, 4.69) is 26.1 Å². The normalized spacial score (nSPS) is 13.7. The first-order valence-electron chi connectivity index (χ1n) is 2.59. The van der Waals surface area contributed by atoms with Crippen LogP contribution in [0.25, 0.3) is 0 Å². The van der Waals surface area contributed by atoms with E-state index >= 15 is 0 Å². The number of rotatable bonds is 1. The lowest BCUT2D eigenvalue weighted by molar-refractivity contribution is 0.193. The molecule has 1 aromatic heterocycles. The van der Waals surface area contributed by atoms with E-state index in [0.717, 1.165) is 4.47 Å². The lowest BCUT2D eigenvalue weighted by Crippen LogP contribution is -1.91. The topological polar surface area (TPSA) is 48.9 Å². The fourth-order valence-corrected chi connectivity index (χ4v) is 1.10. The maximum absolute atomic E-state index is 8.98. The SMILES string of the molecule is CC(O)c1n[nH]cc1Br. The van der Waals surface area contributed by atoms with Gasteiger partial charge in [-0.15, -0.1) is 0 Å². The Balaban J connectivity index is 2.94. The second-order valence-corrected chi connectivity index (χ2v) is 2.65. The molecule has 1 heterocycles. The third-order valence-corrected chi connectivity index (χ3v) is 1.65. The van der Waals surface area contributed by atoms with Gasteiger partial charge < -0.3 is 5.11 Å². The Morgan fingerprint density at radius 1 is 1.89 bits per heavy atom. The van der Waals surface area contributed by atoms with Crippen LogP contribution in [0, 0.1) is 0 Å². The van der Waals surface area contributed by atoms with Crippen LogP contribution < -0.4 is 0 Å². The molecular weight excluding hydrogens is 184 g/mol. The van der Waals surface area contributed by atoms with Gasteiger partial charge in [0.2, 0.25) is 0 Å². The summed E-state index contributed by atoms with van der Waals surface area (Å²) < 4.78 is 0.817. The maximum Gasteiger partial charge on any atom is 0.105 e. The fourth-order valence-electron chi connectivity index (χ4n) is 0.579. The molecule has 0 bridgehead atoms. The summed E-state index contributed by atoms with van der Waals surface area (Å²) in [5.41, 5.74) is 0.648. The van der Waals surface area contributed by atoms with Crippen molar-refractivity contribution in [1.29, 1.82) is 0 Å². The number of aliphatic hydroxyl groups is 1. The molecule has 0 amide bonds. The van der Waals surface area contributed by atoms with E-state index in [1.54, 1.807) is 13.1 Å². The monoisotopic (exact) mass is 190 g/mol. The van der Waals surface area contributed by atoms with Gasteiger partial charge in [-0.25, -0.2) is 0 Å². The van der Waals surface area contributed by atoms with Crippen molar-refractivity contribution in [2.75, 3.05) is 0 Å². The Kier molecular flexibility index (Phi) is 1.87. The summed E-state index contributed by atoms with van der Waals surface area (Å²) in [6, 6.07) is 0. The highest BCUT2D eigenvalue weighted by Crippen LogP contribution is 2.18. The number of halogens is 1. The van der Waals surface area contributed by atoms with Gasteiger partial charge in [0.15, 0.2) is 0 Å². The molecule has 3 nitrogen and oxygen atoms in total. The van der Waals surface area contributed by atoms with Crippen molar-refractivity contribution < 1.29 is 5.11 Å². The molecule has 50 valence electrons. The van der Waals surface area contributed by atoms with Gasteiger partial charge in [0.25, 0.3) is 0 Å². The quantitative estimate of drug-likeness (QED) is 0.701. The van der Waals surface area contributed by atoms with Crippen LogP contribution in [0.5, 0.6) is 0 Å². The van der Waals surface area contributed by atoms with Crippen LogP contribution in [0.1, 0.15) is 18.7 Å². The van der Waals surface area contributed by atoms with Crippen molar-refractivity contribution in [2.24, 2.45) is 0 Å². The van der Waals surface area contributed by atoms with E-state index in [0.29, 0.717) is 5.69 Å². The summed E-state index contributed by atoms with van der Waals surface area (Å²) in [5, 5.41) is 15.4. The predicted octanol–water partition coefficient (Wildman–Crippen LogP) is 1.23. The highest BCUT2D eigenvalue weighted by molar-refractivity contribution is 9.10. The fraction of sp³-hybridized carbons (Fsp3) is 0.400. The van der Waals surface area contributed by atoms with E-state index in [1.807, 2.05) is 0 Å². The van der Waals surface area contributed by atoms with Crippen LogP contribution in [-0.4, -0.2) is 15.3 Å². The standard InChI is InChI=1S/C5H7BrN2O/c1-3(9)5-4(6)2-7-8-5/h2-3,9H,1H3,(H,7,8). The highest BCUT2D eigenvalue weighted by Gasteiger charge is 2.06. The number of aromatic nitrogens is 2. The molecule has 0 fully saturated rings. The molecule has 4 heteroatoms. The van der Waals surface area contributed by atoms with Crippen molar-refractivity contribution in [1.82, 2.24) is 10.2 Å². The summed E-state index contributed by atoms with van der Waals surface area (Å²) in [5.74, 6) is 0. The number of H-pyrrole nitrogens is 1. The highest BCUT2D eigenvalue weighted by atomic mass is 79.9. The number of nitrogens with zero attached hydrogens (tertiary/aromatic N) is 1. The molecule has 0 aliphatic heterocycles.